The van der Waals surface area contributed by atoms with Gasteiger partial charge in [0.15, 0.2) is 0 Å². The van der Waals surface area contributed by atoms with Crippen LogP contribution in [-0.2, 0) is 4.74 Å². The van der Waals surface area contributed by atoms with Crippen molar-refractivity contribution < 1.29 is 28.2 Å². The van der Waals surface area contributed by atoms with Gasteiger partial charge < -0.3 is 14.2 Å². The van der Waals surface area contributed by atoms with E-state index in [2.05, 4.69) is 9.97 Å². The van der Waals surface area contributed by atoms with Crippen molar-refractivity contribution in [3.8, 4) is 11.8 Å². The van der Waals surface area contributed by atoms with Crippen LogP contribution in [0.25, 0.3) is 0 Å². The first-order chi connectivity index (χ1) is 12.3. The summed E-state index contributed by atoms with van der Waals surface area (Å²) in [7, 11) is 2.67. The average molecular weight is 383 g/mol. The zero-order valence-corrected chi connectivity index (χ0v) is 15.3. The molecule has 0 aliphatic rings. The van der Waals surface area contributed by atoms with Crippen LogP contribution in [0.4, 0.5) is 4.39 Å². The number of ketones is 1. The van der Waals surface area contributed by atoms with Gasteiger partial charge in [0.05, 0.1) is 42.5 Å². The molecule has 1 heterocycles. The Labute approximate surface area is 154 Å². The highest BCUT2D eigenvalue weighted by Gasteiger charge is 2.29. The molecule has 0 amide bonds. The summed E-state index contributed by atoms with van der Waals surface area (Å²) in [6, 6.07) is 3.48. The number of rotatable bonds is 6. The quantitative estimate of drug-likeness (QED) is 0.560. The summed E-state index contributed by atoms with van der Waals surface area (Å²) in [6.45, 7) is 3.23. The Morgan fingerprint density at radius 1 is 1.08 bits per heavy atom. The highest BCUT2D eigenvalue weighted by atomic mass is 35.5. The van der Waals surface area contributed by atoms with Crippen molar-refractivity contribution >= 4 is 23.4 Å². The third kappa shape index (κ3) is 4.08. The summed E-state index contributed by atoms with van der Waals surface area (Å²) in [5.41, 5.74) is -0.978. The SMILES string of the molecule is COc1cc(OC)nc(C(=O)c2c(F)ccc(Cl)c2C(=O)OC(C)C)n1. The minimum Gasteiger partial charge on any atom is -0.481 e. The molecule has 26 heavy (non-hydrogen) atoms. The first-order valence-electron chi connectivity index (χ1n) is 7.49. The topological polar surface area (TPSA) is 87.6 Å². The summed E-state index contributed by atoms with van der Waals surface area (Å²) in [5, 5.41) is -0.129. The lowest BCUT2D eigenvalue weighted by Crippen LogP contribution is -2.19. The van der Waals surface area contributed by atoms with Crippen LogP contribution in [0.5, 0.6) is 11.8 Å². The molecule has 0 bridgehead atoms. The fraction of sp³-hybridized carbons (Fsp3) is 0.294. The molecule has 0 aliphatic carbocycles. The number of benzene rings is 1. The number of nitrogens with zero attached hydrogens (tertiary/aromatic N) is 2. The molecule has 0 unspecified atom stereocenters. The van der Waals surface area contributed by atoms with Gasteiger partial charge in [0.1, 0.15) is 5.82 Å². The van der Waals surface area contributed by atoms with Crippen LogP contribution in [0.15, 0.2) is 18.2 Å². The van der Waals surface area contributed by atoms with Crippen molar-refractivity contribution in [2.75, 3.05) is 14.2 Å². The summed E-state index contributed by atoms with van der Waals surface area (Å²) < 4.78 is 29.4. The van der Waals surface area contributed by atoms with Gasteiger partial charge in [-0.3, -0.25) is 4.79 Å². The van der Waals surface area contributed by atoms with Crippen LogP contribution in [0.3, 0.4) is 0 Å². The molecular weight excluding hydrogens is 367 g/mol. The summed E-state index contributed by atoms with van der Waals surface area (Å²) in [4.78, 5) is 32.9. The van der Waals surface area contributed by atoms with Gasteiger partial charge in [0.25, 0.3) is 0 Å². The molecule has 0 saturated heterocycles. The number of esters is 1. The lowest BCUT2D eigenvalue weighted by atomic mass is 10.0. The number of carbonyl (C=O) groups excluding carboxylic acids is 2. The fourth-order valence-electron chi connectivity index (χ4n) is 2.07. The molecule has 7 nitrogen and oxygen atoms in total. The Morgan fingerprint density at radius 2 is 1.65 bits per heavy atom. The second-order valence-electron chi connectivity index (χ2n) is 5.34. The van der Waals surface area contributed by atoms with Gasteiger partial charge in [-0.15, -0.1) is 0 Å². The smallest absolute Gasteiger partial charge is 0.340 e. The third-order valence-electron chi connectivity index (χ3n) is 3.18. The normalized spacial score (nSPS) is 10.6. The lowest BCUT2D eigenvalue weighted by Gasteiger charge is -2.13. The maximum absolute atomic E-state index is 14.4. The molecule has 0 saturated carbocycles. The van der Waals surface area contributed by atoms with Crippen molar-refractivity contribution in [3.63, 3.8) is 0 Å². The molecule has 1 aromatic carbocycles. The monoisotopic (exact) mass is 382 g/mol. The summed E-state index contributed by atoms with van der Waals surface area (Å²) in [6.07, 6.45) is -0.488. The van der Waals surface area contributed by atoms with Crippen LogP contribution in [0, 0.1) is 5.82 Å². The van der Waals surface area contributed by atoms with Crippen LogP contribution in [-0.4, -0.2) is 42.0 Å². The van der Waals surface area contributed by atoms with E-state index >= 15 is 0 Å². The Kier molecular flexibility index (Phi) is 6.10. The number of halogens is 2. The maximum Gasteiger partial charge on any atom is 0.340 e. The second-order valence-corrected chi connectivity index (χ2v) is 5.75. The third-order valence-corrected chi connectivity index (χ3v) is 3.49. The first-order valence-corrected chi connectivity index (χ1v) is 7.87. The van der Waals surface area contributed by atoms with E-state index in [-0.39, 0.29) is 16.8 Å². The molecule has 2 aromatic rings. The van der Waals surface area contributed by atoms with E-state index in [0.29, 0.717) is 0 Å². The molecule has 0 aliphatic heterocycles. The Bertz CT molecular complexity index is 835. The summed E-state index contributed by atoms with van der Waals surface area (Å²) in [5.74, 6) is -3.19. The van der Waals surface area contributed by atoms with Gasteiger partial charge in [-0.25, -0.2) is 9.18 Å². The van der Waals surface area contributed by atoms with E-state index in [1.165, 1.54) is 20.3 Å². The van der Waals surface area contributed by atoms with E-state index in [1.54, 1.807) is 13.8 Å². The van der Waals surface area contributed by atoms with Crippen LogP contribution < -0.4 is 9.47 Å². The molecule has 2 rings (SSSR count). The average Bonchev–Trinajstić information content (AvgIpc) is 2.61. The molecule has 0 spiro atoms. The van der Waals surface area contributed by atoms with Gasteiger partial charge >= 0.3 is 5.97 Å². The van der Waals surface area contributed by atoms with Crippen molar-refractivity contribution in [1.29, 1.82) is 0 Å². The zero-order chi connectivity index (χ0) is 19.4. The molecule has 0 N–H and O–H groups in total. The Balaban J connectivity index is 2.63. The minimum atomic E-state index is -0.960. The highest BCUT2D eigenvalue weighted by molar-refractivity contribution is 6.35. The number of carbonyl (C=O) groups is 2. The van der Waals surface area contributed by atoms with E-state index in [0.717, 1.165) is 12.1 Å². The van der Waals surface area contributed by atoms with Crippen LogP contribution >= 0.6 is 11.6 Å². The van der Waals surface area contributed by atoms with E-state index in [4.69, 9.17) is 25.8 Å². The molecule has 9 heteroatoms. The van der Waals surface area contributed by atoms with Crippen LogP contribution in [0.1, 0.15) is 40.4 Å². The predicted molar refractivity (Wildman–Crippen MR) is 90.5 cm³/mol. The maximum atomic E-state index is 14.4. The van der Waals surface area contributed by atoms with Crippen molar-refractivity contribution in [2.24, 2.45) is 0 Å². The Hall–Kier alpha value is -2.74. The van der Waals surface area contributed by atoms with Gasteiger partial charge in [-0.1, -0.05) is 11.6 Å². The fourth-order valence-corrected chi connectivity index (χ4v) is 2.31. The van der Waals surface area contributed by atoms with Gasteiger partial charge in [-0.05, 0) is 26.0 Å². The zero-order valence-electron chi connectivity index (χ0n) is 14.5. The van der Waals surface area contributed by atoms with Crippen molar-refractivity contribution in [3.05, 3.63) is 46.0 Å². The van der Waals surface area contributed by atoms with Crippen molar-refractivity contribution in [1.82, 2.24) is 9.97 Å². The van der Waals surface area contributed by atoms with Gasteiger partial charge in [0.2, 0.25) is 23.4 Å². The van der Waals surface area contributed by atoms with Crippen molar-refractivity contribution in [2.45, 2.75) is 20.0 Å². The lowest BCUT2D eigenvalue weighted by molar-refractivity contribution is 0.0375. The standard InChI is InChI=1S/C17H16ClFN2O5/c1-8(2)26-17(23)13-9(18)5-6-10(19)14(13)15(22)16-20-11(24-3)7-12(21-16)25-4/h5-8H,1-4H3. The summed E-state index contributed by atoms with van der Waals surface area (Å²) >= 11 is 6.02. The predicted octanol–water partition coefficient (Wildman–Crippen LogP) is 3.08. The van der Waals surface area contributed by atoms with Crippen LogP contribution in [0.2, 0.25) is 5.02 Å². The molecular formula is C17H16ClFN2O5. The largest absolute Gasteiger partial charge is 0.481 e. The van der Waals surface area contributed by atoms with Gasteiger partial charge in [-0.2, -0.15) is 9.97 Å². The number of hydrogen-bond acceptors (Lipinski definition) is 7. The van der Waals surface area contributed by atoms with E-state index in [9.17, 15) is 14.0 Å². The first kappa shape index (κ1) is 19.6. The minimum absolute atomic E-state index is 0.0361. The molecule has 1 aromatic heterocycles. The highest BCUT2D eigenvalue weighted by Crippen LogP contribution is 2.27. The van der Waals surface area contributed by atoms with E-state index < -0.39 is 40.6 Å². The number of aromatic nitrogens is 2. The molecule has 138 valence electrons. The Morgan fingerprint density at radius 3 is 2.15 bits per heavy atom. The second kappa shape index (κ2) is 8.09. The van der Waals surface area contributed by atoms with Gasteiger partial charge in [0, 0.05) is 0 Å². The molecule has 0 radical (unpaired) electrons. The van der Waals surface area contributed by atoms with E-state index in [1.807, 2.05) is 0 Å². The number of methoxy groups -OCH3 is 2. The molecule has 0 atom stereocenters. The number of hydrogen-bond donors (Lipinski definition) is 0. The number of ether oxygens (including phenoxy) is 3. The molecule has 0 fully saturated rings.